The van der Waals surface area contributed by atoms with Crippen LogP contribution in [0, 0.1) is 10.1 Å². The van der Waals surface area contributed by atoms with Gasteiger partial charge in [-0.15, -0.1) is 12.4 Å². The third kappa shape index (κ3) is 4.11. The van der Waals surface area contributed by atoms with Crippen LogP contribution in [-0.4, -0.2) is 32.5 Å². The molecule has 1 fully saturated rings. The minimum atomic E-state index is -3.89. The first-order chi connectivity index (χ1) is 10.3. The van der Waals surface area contributed by atoms with Gasteiger partial charge in [0.15, 0.2) is 5.75 Å². The average Bonchev–Trinajstić information content (AvgIpc) is 2.94. The Bertz CT molecular complexity index is 674. The molecule has 1 aromatic carbocycles. The lowest BCUT2D eigenvalue weighted by Crippen LogP contribution is -2.51. The molecule has 0 amide bonds. The monoisotopic (exact) mass is 365 g/mol. The SMILES string of the molecule is COc1ccc(S(=O)(=O)NC2(CN)CCCC2)cc1[N+](=O)[O-].Cl. The number of halogens is 1. The molecule has 3 N–H and O–H groups in total. The van der Waals surface area contributed by atoms with Gasteiger partial charge in [0.1, 0.15) is 0 Å². The van der Waals surface area contributed by atoms with Crippen molar-refractivity contribution in [1.82, 2.24) is 4.72 Å². The molecular formula is C13H20ClN3O5S. The summed E-state index contributed by atoms with van der Waals surface area (Å²) in [5, 5.41) is 11.0. The van der Waals surface area contributed by atoms with E-state index in [0.29, 0.717) is 12.8 Å². The zero-order valence-corrected chi connectivity index (χ0v) is 14.3. The Morgan fingerprint density at radius 3 is 2.48 bits per heavy atom. The Labute approximate surface area is 141 Å². The number of hydrogen-bond acceptors (Lipinski definition) is 6. The molecule has 8 nitrogen and oxygen atoms in total. The first kappa shape index (κ1) is 19.6. The predicted molar refractivity (Wildman–Crippen MR) is 87.5 cm³/mol. The summed E-state index contributed by atoms with van der Waals surface area (Å²) in [6, 6.07) is 3.56. The zero-order valence-electron chi connectivity index (χ0n) is 12.6. The van der Waals surface area contributed by atoms with Gasteiger partial charge in [-0.05, 0) is 25.0 Å². The molecule has 1 aliphatic carbocycles. The average molecular weight is 366 g/mol. The van der Waals surface area contributed by atoms with E-state index in [1.807, 2.05) is 0 Å². The maximum atomic E-state index is 12.5. The molecule has 0 atom stereocenters. The highest BCUT2D eigenvalue weighted by Crippen LogP contribution is 2.33. The van der Waals surface area contributed by atoms with Crippen LogP contribution < -0.4 is 15.2 Å². The van der Waals surface area contributed by atoms with Gasteiger partial charge in [-0.1, -0.05) is 12.8 Å². The predicted octanol–water partition coefficient (Wildman–Crippen LogP) is 1.57. The van der Waals surface area contributed by atoms with E-state index < -0.39 is 26.2 Å². The smallest absolute Gasteiger partial charge is 0.312 e. The van der Waals surface area contributed by atoms with E-state index in [4.69, 9.17) is 10.5 Å². The Balaban J connectivity index is 0.00000264. The van der Waals surface area contributed by atoms with Crippen molar-refractivity contribution in [3.63, 3.8) is 0 Å². The van der Waals surface area contributed by atoms with Crippen LogP contribution >= 0.6 is 12.4 Å². The van der Waals surface area contributed by atoms with E-state index in [9.17, 15) is 18.5 Å². The van der Waals surface area contributed by atoms with Gasteiger partial charge in [0.25, 0.3) is 0 Å². The molecule has 0 radical (unpaired) electrons. The number of nitrogens with one attached hydrogen (secondary N) is 1. The second-order valence-electron chi connectivity index (χ2n) is 5.39. The van der Waals surface area contributed by atoms with Crippen LogP contribution in [0.5, 0.6) is 5.75 Å². The highest BCUT2D eigenvalue weighted by molar-refractivity contribution is 7.89. The van der Waals surface area contributed by atoms with Crippen LogP contribution in [0.2, 0.25) is 0 Å². The van der Waals surface area contributed by atoms with Crippen molar-refractivity contribution >= 4 is 28.1 Å². The number of benzene rings is 1. The van der Waals surface area contributed by atoms with E-state index in [1.54, 1.807) is 0 Å². The lowest BCUT2D eigenvalue weighted by Gasteiger charge is -2.28. The standard InChI is InChI=1S/C13H19N3O5S.ClH/c1-21-12-5-4-10(8-11(12)16(17)18)22(19,20)15-13(9-14)6-2-3-7-13;/h4-5,8,15H,2-3,6-7,9,14H2,1H3;1H. The number of nitro groups is 1. The molecule has 1 saturated carbocycles. The highest BCUT2D eigenvalue weighted by atomic mass is 35.5. The number of methoxy groups -OCH3 is 1. The van der Waals surface area contributed by atoms with Crippen LogP contribution in [0.1, 0.15) is 25.7 Å². The van der Waals surface area contributed by atoms with E-state index >= 15 is 0 Å². The normalized spacial score (nSPS) is 16.6. The van der Waals surface area contributed by atoms with E-state index in [-0.39, 0.29) is 29.6 Å². The number of hydrogen-bond donors (Lipinski definition) is 2. The molecule has 0 spiro atoms. The summed E-state index contributed by atoms with van der Waals surface area (Å²) in [5.41, 5.74) is 4.67. The summed E-state index contributed by atoms with van der Waals surface area (Å²) >= 11 is 0. The molecule has 1 aliphatic rings. The maximum Gasteiger partial charge on any atom is 0.312 e. The summed E-state index contributed by atoms with van der Waals surface area (Å²) in [4.78, 5) is 10.2. The Hall–Kier alpha value is -1.42. The van der Waals surface area contributed by atoms with Crippen LogP contribution in [0.3, 0.4) is 0 Å². The summed E-state index contributed by atoms with van der Waals surface area (Å²) < 4.78 is 32.5. The molecule has 130 valence electrons. The van der Waals surface area contributed by atoms with Crippen molar-refractivity contribution < 1.29 is 18.1 Å². The number of rotatable bonds is 6. The van der Waals surface area contributed by atoms with Crippen LogP contribution in [-0.2, 0) is 10.0 Å². The van der Waals surface area contributed by atoms with E-state index in [2.05, 4.69) is 4.72 Å². The molecule has 0 aromatic heterocycles. The quantitative estimate of drug-likeness (QED) is 0.582. The van der Waals surface area contributed by atoms with Gasteiger partial charge in [0.2, 0.25) is 10.0 Å². The zero-order chi connectivity index (χ0) is 16.4. The van der Waals surface area contributed by atoms with Gasteiger partial charge in [-0.2, -0.15) is 0 Å². The minimum Gasteiger partial charge on any atom is -0.490 e. The fourth-order valence-electron chi connectivity index (χ4n) is 2.72. The third-order valence-electron chi connectivity index (χ3n) is 3.96. The first-order valence-corrected chi connectivity index (χ1v) is 8.38. The lowest BCUT2D eigenvalue weighted by molar-refractivity contribution is -0.386. The van der Waals surface area contributed by atoms with Crippen molar-refractivity contribution in [2.45, 2.75) is 36.1 Å². The molecule has 10 heteroatoms. The van der Waals surface area contributed by atoms with Gasteiger partial charge >= 0.3 is 5.69 Å². The third-order valence-corrected chi connectivity index (χ3v) is 5.54. The number of nitrogens with zero attached hydrogens (tertiary/aromatic N) is 1. The molecule has 2 rings (SSSR count). The van der Waals surface area contributed by atoms with Crippen molar-refractivity contribution in [1.29, 1.82) is 0 Å². The largest absolute Gasteiger partial charge is 0.490 e. The summed E-state index contributed by atoms with van der Waals surface area (Å²) in [6.45, 7) is 0.199. The number of ether oxygens (including phenoxy) is 1. The van der Waals surface area contributed by atoms with Crippen molar-refractivity contribution in [2.75, 3.05) is 13.7 Å². The van der Waals surface area contributed by atoms with Crippen LogP contribution in [0.4, 0.5) is 5.69 Å². The molecule has 0 heterocycles. The molecule has 23 heavy (non-hydrogen) atoms. The van der Waals surface area contributed by atoms with Crippen LogP contribution in [0.15, 0.2) is 23.1 Å². The van der Waals surface area contributed by atoms with E-state index in [1.165, 1.54) is 19.2 Å². The molecular weight excluding hydrogens is 346 g/mol. The molecule has 1 aromatic rings. The van der Waals surface area contributed by atoms with Crippen LogP contribution in [0.25, 0.3) is 0 Å². The molecule has 0 bridgehead atoms. The van der Waals surface area contributed by atoms with Crippen molar-refractivity contribution in [3.05, 3.63) is 28.3 Å². The van der Waals surface area contributed by atoms with Gasteiger partial charge < -0.3 is 10.5 Å². The van der Waals surface area contributed by atoms with Gasteiger partial charge in [-0.25, -0.2) is 13.1 Å². The Kier molecular flexibility index (Phi) is 6.34. The van der Waals surface area contributed by atoms with Gasteiger partial charge in [0, 0.05) is 18.2 Å². The Morgan fingerprint density at radius 2 is 2.00 bits per heavy atom. The second kappa shape index (κ2) is 7.43. The minimum absolute atomic E-state index is 0. The fraction of sp³-hybridized carbons (Fsp3) is 0.538. The van der Waals surface area contributed by atoms with E-state index in [0.717, 1.165) is 18.9 Å². The summed E-state index contributed by atoms with van der Waals surface area (Å²) in [5.74, 6) is 0.0124. The fourth-order valence-corrected chi connectivity index (χ4v) is 4.21. The first-order valence-electron chi connectivity index (χ1n) is 6.90. The highest BCUT2D eigenvalue weighted by Gasteiger charge is 2.37. The molecule has 0 unspecified atom stereocenters. The molecule has 0 aliphatic heterocycles. The van der Waals surface area contributed by atoms with Crippen molar-refractivity contribution in [2.24, 2.45) is 5.73 Å². The second-order valence-corrected chi connectivity index (χ2v) is 7.07. The Morgan fingerprint density at radius 1 is 1.39 bits per heavy atom. The van der Waals surface area contributed by atoms with Gasteiger partial charge in [0.05, 0.1) is 16.9 Å². The van der Waals surface area contributed by atoms with Gasteiger partial charge in [-0.3, -0.25) is 10.1 Å². The number of nitro benzene ring substituents is 1. The topological polar surface area (TPSA) is 125 Å². The lowest BCUT2D eigenvalue weighted by atomic mass is 10.0. The number of nitrogens with two attached hydrogens (primary N) is 1. The maximum absolute atomic E-state index is 12.5. The number of sulfonamides is 1. The summed E-state index contributed by atoms with van der Waals surface area (Å²) in [7, 11) is -2.60. The summed E-state index contributed by atoms with van der Waals surface area (Å²) in [6.07, 6.45) is 3.15. The molecule has 0 saturated heterocycles. The van der Waals surface area contributed by atoms with Crippen molar-refractivity contribution in [3.8, 4) is 5.75 Å².